The maximum absolute atomic E-state index is 12.9. The average molecular weight is 408 g/mol. The highest BCUT2D eigenvalue weighted by Gasteiger charge is 2.23. The standard InChI is InChI=1S/C22H24N4O4/c1-23-21(28)18-5-3-4-6-19(18)26(22(23)29)15-20(27)25-13-11-24(12-14-25)16-7-9-17(30-2)10-8-16/h3-10H,11-15H2,1-2H3. The highest BCUT2D eigenvalue weighted by Crippen LogP contribution is 2.20. The van der Waals surface area contributed by atoms with Crippen LogP contribution in [0.4, 0.5) is 5.69 Å². The summed E-state index contributed by atoms with van der Waals surface area (Å²) >= 11 is 0. The van der Waals surface area contributed by atoms with Crippen molar-refractivity contribution in [1.82, 2.24) is 14.0 Å². The molecule has 8 heteroatoms. The van der Waals surface area contributed by atoms with E-state index >= 15 is 0 Å². The Bertz CT molecular complexity index is 1190. The predicted octanol–water partition coefficient (Wildman–Crippen LogP) is 1.06. The number of benzene rings is 2. The second-order valence-corrected chi connectivity index (χ2v) is 7.32. The van der Waals surface area contributed by atoms with Crippen LogP contribution in [0.1, 0.15) is 0 Å². The lowest BCUT2D eigenvalue weighted by molar-refractivity contribution is -0.132. The smallest absolute Gasteiger partial charge is 0.331 e. The van der Waals surface area contributed by atoms with Gasteiger partial charge in [-0.2, -0.15) is 0 Å². The molecular weight excluding hydrogens is 384 g/mol. The maximum Gasteiger partial charge on any atom is 0.331 e. The van der Waals surface area contributed by atoms with E-state index in [0.717, 1.165) is 16.0 Å². The van der Waals surface area contributed by atoms with Gasteiger partial charge in [0.25, 0.3) is 5.56 Å². The van der Waals surface area contributed by atoms with Gasteiger partial charge in [0.1, 0.15) is 12.3 Å². The van der Waals surface area contributed by atoms with Crippen LogP contribution in [0.25, 0.3) is 10.9 Å². The monoisotopic (exact) mass is 408 g/mol. The number of ether oxygens (including phenoxy) is 1. The van der Waals surface area contributed by atoms with Crippen LogP contribution in [-0.2, 0) is 18.4 Å². The van der Waals surface area contributed by atoms with E-state index in [0.29, 0.717) is 37.1 Å². The molecule has 0 aliphatic carbocycles. The lowest BCUT2D eigenvalue weighted by Crippen LogP contribution is -2.50. The molecule has 1 aliphatic rings. The van der Waals surface area contributed by atoms with Crippen molar-refractivity contribution >= 4 is 22.5 Å². The minimum absolute atomic E-state index is 0.0873. The summed E-state index contributed by atoms with van der Waals surface area (Å²) in [4.78, 5) is 41.9. The number of hydrogen-bond donors (Lipinski definition) is 0. The average Bonchev–Trinajstić information content (AvgIpc) is 2.80. The molecule has 156 valence electrons. The lowest BCUT2D eigenvalue weighted by Gasteiger charge is -2.36. The first-order valence-corrected chi connectivity index (χ1v) is 9.85. The second-order valence-electron chi connectivity index (χ2n) is 7.32. The van der Waals surface area contributed by atoms with Crippen molar-refractivity contribution in [2.45, 2.75) is 6.54 Å². The molecule has 1 amide bonds. The maximum atomic E-state index is 12.9. The second kappa shape index (κ2) is 8.06. The molecule has 1 aliphatic heterocycles. The van der Waals surface area contributed by atoms with Gasteiger partial charge in [-0.25, -0.2) is 4.79 Å². The van der Waals surface area contributed by atoms with E-state index in [2.05, 4.69) is 4.90 Å². The minimum atomic E-state index is -0.482. The molecule has 0 saturated carbocycles. The Labute approximate surface area is 173 Å². The molecule has 3 aromatic rings. The molecule has 1 fully saturated rings. The zero-order chi connectivity index (χ0) is 21.3. The zero-order valence-corrected chi connectivity index (χ0v) is 17.1. The van der Waals surface area contributed by atoms with E-state index in [1.54, 1.807) is 36.3 Å². The van der Waals surface area contributed by atoms with E-state index in [1.807, 2.05) is 24.3 Å². The summed E-state index contributed by atoms with van der Waals surface area (Å²) in [6, 6.07) is 14.7. The molecule has 8 nitrogen and oxygen atoms in total. The number of fused-ring (bicyclic) bond motifs is 1. The summed E-state index contributed by atoms with van der Waals surface area (Å²) < 4.78 is 7.63. The first-order valence-electron chi connectivity index (χ1n) is 9.85. The Morgan fingerprint density at radius 2 is 1.63 bits per heavy atom. The van der Waals surface area contributed by atoms with E-state index < -0.39 is 5.69 Å². The highest BCUT2D eigenvalue weighted by atomic mass is 16.5. The van der Waals surface area contributed by atoms with E-state index in [-0.39, 0.29) is 18.0 Å². The quantitative estimate of drug-likeness (QED) is 0.645. The fraction of sp³-hybridized carbons (Fsp3) is 0.318. The van der Waals surface area contributed by atoms with Crippen LogP contribution in [0.5, 0.6) is 5.75 Å². The van der Waals surface area contributed by atoms with Crippen LogP contribution in [0.15, 0.2) is 58.1 Å². The van der Waals surface area contributed by atoms with Crippen molar-refractivity contribution in [3.63, 3.8) is 0 Å². The van der Waals surface area contributed by atoms with Gasteiger partial charge in [-0.05, 0) is 36.4 Å². The summed E-state index contributed by atoms with van der Waals surface area (Å²) in [6.45, 7) is 2.48. The molecule has 2 heterocycles. The molecule has 4 rings (SSSR count). The summed E-state index contributed by atoms with van der Waals surface area (Å²) in [5.74, 6) is 0.678. The SMILES string of the molecule is COc1ccc(N2CCN(C(=O)Cn3c(=O)n(C)c(=O)c4ccccc43)CC2)cc1. The molecule has 1 aromatic heterocycles. The van der Waals surface area contributed by atoms with E-state index in [4.69, 9.17) is 4.74 Å². The molecule has 0 atom stereocenters. The Morgan fingerprint density at radius 1 is 0.967 bits per heavy atom. The normalized spacial score (nSPS) is 14.2. The molecule has 0 bridgehead atoms. The van der Waals surface area contributed by atoms with Crippen LogP contribution in [0.3, 0.4) is 0 Å². The Kier molecular flexibility index (Phi) is 5.31. The van der Waals surface area contributed by atoms with Gasteiger partial charge in [0.05, 0.1) is 18.0 Å². The first-order chi connectivity index (χ1) is 14.5. The van der Waals surface area contributed by atoms with Crippen molar-refractivity contribution in [1.29, 1.82) is 0 Å². The zero-order valence-electron chi connectivity index (χ0n) is 17.1. The Balaban J connectivity index is 1.49. The van der Waals surface area contributed by atoms with Gasteiger partial charge in [-0.15, -0.1) is 0 Å². The molecule has 0 unspecified atom stereocenters. The van der Waals surface area contributed by atoms with Gasteiger partial charge < -0.3 is 14.5 Å². The number of amides is 1. The molecule has 2 aromatic carbocycles. The first kappa shape index (κ1) is 19.8. The fourth-order valence-electron chi connectivity index (χ4n) is 3.84. The van der Waals surface area contributed by atoms with Crippen LogP contribution in [-0.4, -0.2) is 53.2 Å². The summed E-state index contributed by atoms with van der Waals surface area (Å²) in [6.07, 6.45) is 0. The summed E-state index contributed by atoms with van der Waals surface area (Å²) in [5, 5.41) is 0.428. The minimum Gasteiger partial charge on any atom is -0.497 e. The van der Waals surface area contributed by atoms with Crippen molar-refractivity contribution in [3.8, 4) is 5.75 Å². The number of nitrogens with zero attached hydrogens (tertiary/aromatic N) is 4. The number of methoxy groups -OCH3 is 1. The van der Waals surface area contributed by atoms with Gasteiger partial charge in [-0.1, -0.05) is 12.1 Å². The Hall–Kier alpha value is -3.55. The number of aromatic nitrogens is 2. The van der Waals surface area contributed by atoms with Gasteiger partial charge in [-0.3, -0.25) is 18.7 Å². The predicted molar refractivity (Wildman–Crippen MR) is 115 cm³/mol. The van der Waals surface area contributed by atoms with Gasteiger partial charge >= 0.3 is 5.69 Å². The van der Waals surface area contributed by atoms with E-state index in [1.165, 1.54) is 11.6 Å². The number of anilines is 1. The number of piperazine rings is 1. The molecule has 0 spiro atoms. The van der Waals surface area contributed by atoms with Crippen molar-refractivity contribution < 1.29 is 9.53 Å². The summed E-state index contributed by atoms with van der Waals surface area (Å²) in [7, 11) is 3.07. The van der Waals surface area contributed by atoms with Crippen LogP contribution in [0.2, 0.25) is 0 Å². The summed E-state index contributed by atoms with van der Waals surface area (Å²) in [5.41, 5.74) is 0.732. The van der Waals surface area contributed by atoms with Crippen LogP contribution >= 0.6 is 0 Å². The lowest BCUT2D eigenvalue weighted by atomic mass is 10.2. The van der Waals surface area contributed by atoms with Crippen molar-refractivity contribution in [2.75, 3.05) is 38.2 Å². The highest BCUT2D eigenvalue weighted by molar-refractivity contribution is 5.81. The molecule has 0 N–H and O–H groups in total. The van der Waals surface area contributed by atoms with Gasteiger partial charge in [0, 0.05) is 38.9 Å². The number of para-hydroxylation sites is 1. The fourth-order valence-corrected chi connectivity index (χ4v) is 3.84. The Morgan fingerprint density at radius 3 is 2.30 bits per heavy atom. The molecule has 1 saturated heterocycles. The number of carbonyl (C=O) groups excluding carboxylic acids is 1. The topological polar surface area (TPSA) is 76.8 Å². The molecular formula is C22H24N4O4. The number of rotatable bonds is 4. The van der Waals surface area contributed by atoms with Gasteiger partial charge in [0.2, 0.25) is 5.91 Å². The molecule has 30 heavy (non-hydrogen) atoms. The number of carbonyl (C=O) groups is 1. The third kappa shape index (κ3) is 3.56. The largest absolute Gasteiger partial charge is 0.497 e. The van der Waals surface area contributed by atoms with Crippen LogP contribution < -0.4 is 20.9 Å². The third-order valence-electron chi connectivity index (χ3n) is 5.61. The van der Waals surface area contributed by atoms with Gasteiger partial charge in [0.15, 0.2) is 0 Å². The van der Waals surface area contributed by atoms with Crippen LogP contribution in [0, 0.1) is 0 Å². The van der Waals surface area contributed by atoms with Crippen molar-refractivity contribution in [2.24, 2.45) is 7.05 Å². The molecule has 0 radical (unpaired) electrons. The van der Waals surface area contributed by atoms with E-state index in [9.17, 15) is 14.4 Å². The number of hydrogen-bond acceptors (Lipinski definition) is 5. The third-order valence-corrected chi connectivity index (χ3v) is 5.61. The van der Waals surface area contributed by atoms with Crippen molar-refractivity contribution in [3.05, 3.63) is 69.4 Å².